The summed E-state index contributed by atoms with van der Waals surface area (Å²) in [6.45, 7) is 8.78. The highest BCUT2D eigenvalue weighted by Crippen LogP contribution is 2.33. The Morgan fingerprint density at radius 3 is 1.23 bits per heavy atom. The normalized spacial score (nSPS) is 28.5. The molecule has 1 aliphatic rings. The van der Waals surface area contributed by atoms with Crippen LogP contribution in [0.15, 0.2) is 48.5 Å². The van der Waals surface area contributed by atoms with Crippen molar-refractivity contribution < 1.29 is 0 Å². The van der Waals surface area contributed by atoms with Gasteiger partial charge in [-0.1, -0.05) is 59.7 Å². The summed E-state index contributed by atoms with van der Waals surface area (Å²) in [6, 6.07) is 19.3. The van der Waals surface area contributed by atoms with Crippen molar-refractivity contribution in [2.24, 2.45) is 0 Å². The molecule has 0 aromatic heterocycles. The van der Waals surface area contributed by atoms with Gasteiger partial charge in [-0.2, -0.15) is 0 Å². The maximum atomic E-state index is 3.80. The zero-order valence-electron chi connectivity index (χ0n) is 13.9. The number of rotatable bonds is 2. The van der Waals surface area contributed by atoms with Crippen LogP contribution in [0.1, 0.15) is 48.2 Å². The van der Waals surface area contributed by atoms with Gasteiger partial charge in [0.2, 0.25) is 0 Å². The number of nitrogens with one attached hydrogen (secondary N) is 2. The van der Waals surface area contributed by atoms with Crippen molar-refractivity contribution in [1.29, 1.82) is 0 Å². The standard InChI is InChI=1S/C20H26N2/c1-13-5-9-17(10-6-13)19-20(22-16(4)15(3)21-19)18-11-7-14(2)8-12-18/h5-12,15-16,19-22H,1-4H3. The topological polar surface area (TPSA) is 24.1 Å². The lowest BCUT2D eigenvalue weighted by atomic mass is 9.88. The average molecular weight is 294 g/mol. The van der Waals surface area contributed by atoms with E-state index < -0.39 is 0 Å². The Balaban J connectivity index is 1.95. The third kappa shape index (κ3) is 3.08. The van der Waals surface area contributed by atoms with Gasteiger partial charge in [0.25, 0.3) is 0 Å². The Kier molecular flexibility index (Phi) is 4.32. The molecule has 1 fully saturated rings. The van der Waals surface area contributed by atoms with Gasteiger partial charge in [-0.25, -0.2) is 0 Å². The third-order valence-electron chi connectivity index (χ3n) is 4.84. The van der Waals surface area contributed by atoms with Gasteiger partial charge in [0.1, 0.15) is 0 Å². The van der Waals surface area contributed by atoms with Crippen LogP contribution in [0.2, 0.25) is 0 Å². The zero-order valence-corrected chi connectivity index (χ0v) is 13.9. The zero-order chi connectivity index (χ0) is 15.7. The van der Waals surface area contributed by atoms with Crippen molar-refractivity contribution in [3.8, 4) is 0 Å². The van der Waals surface area contributed by atoms with Crippen LogP contribution in [-0.4, -0.2) is 12.1 Å². The van der Waals surface area contributed by atoms with Crippen LogP contribution in [0.4, 0.5) is 0 Å². The second kappa shape index (κ2) is 6.23. The molecule has 22 heavy (non-hydrogen) atoms. The first-order valence-corrected chi connectivity index (χ1v) is 8.20. The Labute approximate surface area is 134 Å². The monoisotopic (exact) mass is 294 g/mol. The Morgan fingerprint density at radius 1 is 0.591 bits per heavy atom. The van der Waals surface area contributed by atoms with Crippen molar-refractivity contribution in [3.63, 3.8) is 0 Å². The molecule has 0 radical (unpaired) electrons. The summed E-state index contributed by atoms with van der Waals surface area (Å²) < 4.78 is 0. The molecule has 2 aromatic carbocycles. The first kappa shape index (κ1) is 15.3. The van der Waals surface area contributed by atoms with Crippen LogP contribution in [0.3, 0.4) is 0 Å². The maximum absolute atomic E-state index is 3.80. The van der Waals surface area contributed by atoms with E-state index in [4.69, 9.17) is 0 Å². The SMILES string of the molecule is Cc1ccc(C2NC(C)C(C)NC2c2ccc(C)cc2)cc1. The van der Waals surface area contributed by atoms with Gasteiger partial charge >= 0.3 is 0 Å². The lowest BCUT2D eigenvalue weighted by Crippen LogP contribution is -2.56. The molecule has 0 aliphatic carbocycles. The summed E-state index contributed by atoms with van der Waals surface area (Å²) in [5.41, 5.74) is 5.31. The van der Waals surface area contributed by atoms with E-state index >= 15 is 0 Å². The fourth-order valence-electron chi connectivity index (χ4n) is 3.17. The maximum Gasteiger partial charge on any atom is 0.0520 e. The van der Waals surface area contributed by atoms with Crippen LogP contribution in [-0.2, 0) is 0 Å². The van der Waals surface area contributed by atoms with Gasteiger partial charge in [0.05, 0.1) is 12.1 Å². The predicted octanol–water partition coefficient (Wildman–Crippen LogP) is 4.06. The summed E-state index contributed by atoms with van der Waals surface area (Å²) in [4.78, 5) is 0. The van der Waals surface area contributed by atoms with Crippen LogP contribution in [0, 0.1) is 13.8 Å². The minimum absolute atomic E-state index is 0.300. The summed E-state index contributed by atoms with van der Waals surface area (Å²) >= 11 is 0. The summed E-state index contributed by atoms with van der Waals surface area (Å²) in [5, 5.41) is 7.61. The molecular formula is C20H26N2. The van der Waals surface area contributed by atoms with Crippen molar-refractivity contribution >= 4 is 0 Å². The highest BCUT2D eigenvalue weighted by molar-refractivity contribution is 5.32. The highest BCUT2D eigenvalue weighted by atomic mass is 15.1. The van der Waals surface area contributed by atoms with Crippen molar-refractivity contribution in [2.75, 3.05) is 0 Å². The van der Waals surface area contributed by atoms with Crippen molar-refractivity contribution in [3.05, 3.63) is 70.8 Å². The lowest BCUT2D eigenvalue weighted by Gasteiger charge is -2.42. The minimum Gasteiger partial charge on any atom is -0.304 e. The largest absolute Gasteiger partial charge is 0.304 e. The molecule has 0 amide bonds. The third-order valence-corrected chi connectivity index (χ3v) is 4.84. The van der Waals surface area contributed by atoms with E-state index in [0.29, 0.717) is 24.2 Å². The van der Waals surface area contributed by atoms with Crippen molar-refractivity contribution in [2.45, 2.75) is 51.9 Å². The second-order valence-electron chi connectivity index (χ2n) is 6.69. The van der Waals surface area contributed by atoms with Crippen LogP contribution in [0.25, 0.3) is 0 Å². The van der Waals surface area contributed by atoms with E-state index in [2.05, 4.69) is 86.9 Å². The fourth-order valence-corrected chi connectivity index (χ4v) is 3.17. The smallest absolute Gasteiger partial charge is 0.0520 e. The first-order chi connectivity index (χ1) is 10.5. The Bertz CT molecular complexity index is 558. The van der Waals surface area contributed by atoms with Gasteiger partial charge in [0.15, 0.2) is 0 Å². The molecule has 116 valence electrons. The molecule has 2 N–H and O–H groups in total. The van der Waals surface area contributed by atoms with Crippen molar-refractivity contribution in [1.82, 2.24) is 10.6 Å². The molecule has 2 heteroatoms. The molecule has 2 aromatic rings. The molecule has 3 rings (SSSR count). The fraction of sp³-hybridized carbons (Fsp3) is 0.400. The molecule has 1 aliphatic heterocycles. The number of piperazine rings is 1. The van der Waals surface area contributed by atoms with E-state index in [1.54, 1.807) is 0 Å². The molecule has 0 saturated carbocycles. The van der Waals surface area contributed by atoms with Gasteiger partial charge in [0, 0.05) is 12.1 Å². The van der Waals surface area contributed by atoms with Gasteiger partial charge in [-0.3, -0.25) is 0 Å². The Morgan fingerprint density at radius 2 is 0.909 bits per heavy atom. The number of aryl methyl sites for hydroxylation is 2. The molecule has 1 saturated heterocycles. The predicted molar refractivity (Wildman–Crippen MR) is 93.0 cm³/mol. The van der Waals surface area contributed by atoms with E-state index in [0.717, 1.165) is 0 Å². The highest BCUT2D eigenvalue weighted by Gasteiger charge is 2.33. The van der Waals surface area contributed by atoms with Crippen LogP contribution < -0.4 is 10.6 Å². The lowest BCUT2D eigenvalue weighted by molar-refractivity contribution is 0.230. The van der Waals surface area contributed by atoms with E-state index in [-0.39, 0.29) is 0 Å². The average Bonchev–Trinajstić information content (AvgIpc) is 2.51. The number of hydrogen-bond donors (Lipinski definition) is 2. The summed E-state index contributed by atoms with van der Waals surface area (Å²) in [7, 11) is 0. The quantitative estimate of drug-likeness (QED) is 0.873. The molecule has 0 bridgehead atoms. The molecule has 4 atom stereocenters. The molecular weight excluding hydrogens is 268 g/mol. The first-order valence-electron chi connectivity index (χ1n) is 8.20. The van der Waals surface area contributed by atoms with Gasteiger partial charge < -0.3 is 10.6 Å². The molecule has 4 unspecified atom stereocenters. The molecule has 1 heterocycles. The minimum atomic E-state index is 0.300. The van der Waals surface area contributed by atoms with E-state index in [1.165, 1.54) is 22.3 Å². The summed E-state index contributed by atoms with van der Waals surface area (Å²) in [6.07, 6.45) is 0. The van der Waals surface area contributed by atoms with E-state index in [1.807, 2.05) is 0 Å². The molecule has 0 spiro atoms. The molecule has 2 nitrogen and oxygen atoms in total. The summed E-state index contributed by atoms with van der Waals surface area (Å²) in [5.74, 6) is 0. The number of benzene rings is 2. The van der Waals surface area contributed by atoms with Crippen LogP contribution in [0.5, 0.6) is 0 Å². The van der Waals surface area contributed by atoms with E-state index in [9.17, 15) is 0 Å². The van der Waals surface area contributed by atoms with Gasteiger partial charge in [-0.05, 0) is 38.8 Å². The number of hydrogen-bond acceptors (Lipinski definition) is 2. The second-order valence-corrected chi connectivity index (χ2v) is 6.69. The Hall–Kier alpha value is -1.64. The van der Waals surface area contributed by atoms with Gasteiger partial charge in [-0.15, -0.1) is 0 Å². The van der Waals surface area contributed by atoms with Crippen LogP contribution >= 0.6 is 0 Å².